The molecule has 2 heteroatoms. The SMILES string of the molecule is Cc1ccc(O)c(S)c1. The monoisotopic (exact) mass is 140 g/mol. The molecule has 0 bridgehead atoms. The van der Waals surface area contributed by atoms with Crippen molar-refractivity contribution >= 4 is 12.6 Å². The molecule has 0 aliphatic carbocycles. The number of thiol groups is 1. The van der Waals surface area contributed by atoms with Gasteiger partial charge in [0.2, 0.25) is 0 Å². The van der Waals surface area contributed by atoms with Gasteiger partial charge in [0.25, 0.3) is 0 Å². The molecule has 0 aliphatic rings. The molecular weight excluding hydrogens is 132 g/mol. The summed E-state index contributed by atoms with van der Waals surface area (Å²) < 4.78 is 0. The molecule has 0 amide bonds. The largest absolute Gasteiger partial charge is 0.507 e. The average Bonchev–Trinajstić information content (AvgIpc) is 1.80. The van der Waals surface area contributed by atoms with E-state index in [4.69, 9.17) is 5.11 Å². The molecule has 9 heavy (non-hydrogen) atoms. The van der Waals surface area contributed by atoms with Crippen LogP contribution in [0.25, 0.3) is 0 Å². The van der Waals surface area contributed by atoms with E-state index in [0.717, 1.165) is 5.56 Å². The summed E-state index contributed by atoms with van der Waals surface area (Å²) in [6.45, 7) is 1.96. The minimum atomic E-state index is 0.240. The Morgan fingerprint density at radius 3 is 2.56 bits per heavy atom. The highest BCUT2D eigenvalue weighted by atomic mass is 32.1. The van der Waals surface area contributed by atoms with E-state index in [2.05, 4.69) is 12.6 Å². The quantitative estimate of drug-likeness (QED) is 0.528. The molecule has 0 aromatic heterocycles. The minimum absolute atomic E-state index is 0.240. The van der Waals surface area contributed by atoms with Crippen LogP contribution in [0.2, 0.25) is 0 Å². The van der Waals surface area contributed by atoms with Crippen molar-refractivity contribution in [2.24, 2.45) is 0 Å². The van der Waals surface area contributed by atoms with Crippen LogP contribution < -0.4 is 0 Å². The lowest BCUT2D eigenvalue weighted by Crippen LogP contribution is -1.71. The average molecular weight is 140 g/mol. The van der Waals surface area contributed by atoms with Crippen LogP contribution >= 0.6 is 12.6 Å². The van der Waals surface area contributed by atoms with Crippen molar-refractivity contribution in [3.05, 3.63) is 23.8 Å². The van der Waals surface area contributed by atoms with Crippen LogP contribution in [0.5, 0.6) is 5.75 Å². The van der Waals surface area contributed by atoms with Gasteiger partial charge in [-0.1, -0.05) is 6.07 Å². The zero-order valence-electron chi connectivity index (χ0n) is 5.13. The zero-order chi connectivity index (χ0) is 6.85. The lowest BCUT2D eigenvalue weighted by Gasteiger charge is -1.96. The van der Waals surface area contributed by atoms with Crippen LogP contribution in [0, 0.1) is 6.92 Å². The number of rotatable bonds is 0. The number of phenols is 1. The molecule has 0 unspecified atom stereocenters. The van der Waals surface area contributed by atoms with Gasteiger partial charge in [-0.25, -0.2) is 0 Å². The van der Waals surface area contributed by atoms with E-state index >= 15 is 0 Å². The maximum Gasteiger partial charge on any atom is 0.128 e. The molecule has 48 valence electrons. The second kappa shape index (κ2) is 2.31. The molecule has 1 nitrogen and oxygen atoms in total. The van der Waals surface area contributed by atoms with Crippen molar-refractivity contribution in [2.75, 3.05) is 0 Å². The van der Waals surface area contributed by atoms with E-state index in [0.29, 0.717) is 4.90 Å². The Kier molecular flexibility index (Phi) is 1.67. The second-order valence-corrected chi connectivity index (χ2v) is 2.47. The molecule has 0 heterocycles. The Bertz CT molecular complexity index is 220. The number of aromatic hydroxyl groups is 1. The third kappa shape index (κ3) is 1.39. The van der Waals surface area contributed by atoms with Gasteiger partial charge in [0.05, 0.1) is 0 Å². The molecule has 1 aromatic carbocycles. The smallest absolute Gasteiger partial charge is 0.128 e. The standard InChI is InChI=1S/C7H8OS/c1-5-2-3-6(8)7(9)4-5/h2-4,8-9H,1H3. The molecule has 0 atom stereocenters. The number of aryl methyl sites for hydroxylation is 1. The Hall–Kier alpha value is -0.630. The summed E-state index contributed by atoms with van der Waals surface area (Å²) in [6, 6.07) is 5.30. The van der Waals surface area contributed by atoms with Crippen molar-refractivity contribution in [1.82, 2.24) is 0 Å². The fourth-order valence-electron chi connectivity index (χ4n) is 0.633. The fraction of sp³-hybridized carbons (Fsp3) is 0.143. The zero-order valence-corrected chi connectivity index (χ0v) is 6.02. The van der Waals surface area contributed by atoms with Crippen LogP contribution in [-0.2, 0) is 0 Å². The van der Waals surface area contributed by atoms with E-state index in [-0.39, 0.29) is 5.75 Å². The van der Waals surface area contributed by atoms with Gasteiger partial charge in [0.15, 0.2) is 0 Å². The van der Waals surface area contributed by atoms with E-state index in [9.17, 15) is 0 Å². The van der Waals surface area contributed by atoms with Crippen molar-refractivity contribution in [3.8, 4) is 5.75 Å². The molecule has 1 aromatic rings. The first-order valence-electron chi connectivity index (χ1n) is 2.69. The first-order chi connectivity index (χ1) is 4.20. The predicted octanol–water partition coefficient (Wildman–Crippen LogP) is 1.99. The highest BCUT2D eigenvalue weighted by Crippen LogP contribution is 2.20. The summed E-state index contributed by atoms with van der Waals surface area (Å²) in [7, 11) is 0. The van der Waals surface area contributed by atoms with Gasteiger partial charge in [-0.2, -0.15) is 0 Å². The Balaban J connectivity index is 3.17. The molecule has 1 rings (SSSR count). The van der Waals surface area contributed by atoms with E-state index in [1.54, 1.807) is 6.07 Å². The second-order valence-electron chi connectivity index (χ2n) is 1.99. The Morgan fingerprint density at radius 1 is 1.44 bits per heavy atom. The number of benzene rings is 1. The fourth-order valence-corrected chi connectivity index (χ4v) is 0.912. The van der Waals surface area contributed by atoms with Crippen molar-refractivity contribution in [1.29, 1.82) is 0 Å². The van der Waals surface area contributed by atoms with Crippen LogP contribution in [0.4, 0.5) is 0 Å². The van der Waals surface area contributed by atoms with Crippen molar-refractivity contribution < 1.29 is 5.11 Å². The molecule has 1 N–H and O–H groups in total. The topological polar surface area (TPSA) is 20.2 Å². The molecule has 0 aliphatic heterocycles. The van der Waals surface area contributed by atoms with Gasteiger partial charge in [-0.05, 0) is 24.6 Å². The van der Waals surface area contributed by atoms with Gasteiger partial charge in [0.1, 0.15) is 5.75 Å². The summed E-state index contributed by atoms with van der Waals surface area (Å²) in [5, 5.41) is 8.97. The summed E-state index contributed by atoms with van der Waals surface area (Å²) in [6.07, 6.45) is 0. The maximum atomic E-state index is 8.97. The first-order valence-corrected chi connectivity index (χ1v) is 3.13. The van der Waals surface area contributed by atoms with Gasteiger partial charge >= 0.3 is 0 Å². The normalized spacial score (nSPS) is 9.56. The van der Waals surface area contributed by atoms with E-state index in [1.807, 2.05) is 19.1 Å². The lowest BCUT2D eigenvalue weighted by atomic mass is 10.2. The van der Waals surface area contributed by atoms with Crippen molar-refractivity contribution in [3.63, 3.8) is 0 Å². The van der Waals surface area contributed by atoms with Gasteiger partial charge in [-0.3, -0.25) is 0 Å². The van der Waals surface area contributed by atoms with Gasteiger partial charge < -0.3 is 5.11 Å². The van der Waals surface area contributed by atoms with Crippen molar-refractivity contribution in [2.45, 2.75) is 11.8 Å². The van der Waals surface area contributed by atoms with Crippen LogP contribution in [-0.4, -0.2) is 5.11 Å². The Labute approximate surface area is 59.7 Å². The summed E-state index contributed by atoms with van der Waals surface area (Å²) in [5.74, 6) is 0.240. The third-order valence-corrected chi connectivity index (χ3v) is 1.49. The van der Waals surface area contributed by atoms with E-state index in [1.165, 1.54) is 0 Å². The molecular formula is C7H8OS. The Morgan fingerprint density at radius 2 is 2.11 bits per heavy atom. The molecule has 0 fully saturated rings. The maximum absolute atomic E-state index is 8.97. The van der Waals surface area contributed by atoms with Crippen LogP contribution in [0.15, 0.2) is 23.1 Å². The number of hydrogen-bond donors (Lipinski definition) is 2. The predicted molar refractivity (Wildman–Crippen MR) is 40.1 cm³/mol. The van der Waals surface area contributed by atoms with E-state index < -0.39 is 0 Å². The number of phenolic OH excluding ortho intramolecular Hbond substituents is 1. The molecule has 0 radical (unpaired) electrons. The molecule has 0 saturated carbocycles. The summed E-state index contributed by atoms with van der Waals surface area (Å²) in [5.41, 5.74) is 1.11. The summed E-state index contributed by atoms with van der Waals surface area (Å²) >= 11 is 4.02. The highest BCUT2D eigenvalue weighted by molar-refractivity contribution is 7.80. The van der Waals surface area contributed by atoms with Gasteiger partial charge in [-0.15, -0.1) is 12.6 Å². The minimum Gasteiger partial charge on any atom is -0.507 e. The third-order valence-electron chi connectivity index (χ3n) is 1.13. The van der Waals surface area contributed by atoms with Crippen LogP contribution in [0.3, 0.4) is 0 Å². The first kappa shape index (κ1) is 6.49. The summed E-state index contributed by atoms with van der Waals surface area (Å²) in [4.78, 5) is 0.634. The lowest BCUT2D eigenvalue weighted by molar-refractivity contribution is 0.462. The molecule has 0 saturated heterocycles. The van der Waals surface area contributed by atoms with Gasteiger partial charge in [0, 0.05) is 4.90 Å². The molecule has 0 spiro atoms. The van der Waals surface area contributed by atoms with Crippen LogP contribution in [0.1, 0.15) is 5.56 Å². The number of hydrogen-bond acceptors (Lipinski definition) is 2. The highest BCUT2D eigenvalue weighted by Gasteiger charge is 1.92.